The lowest BCUT2D eigenvalue weighted by Gasteiger charge is -2.29. The molecule has 1 aliphatic rings. The molecule has 0 spiro atoms. The van der Waals surface area contributed by atoms with Crippen molar-refractivity contribution in [1.82, 2.24) is 10.3 Å². The first-order valence-electron chi connectivity index (χ1n) is 7.31. The Kier molecular flexibility index (Phi) is 4.73. The molecule has 2 N–H and O–H groups in total. The SMILES string of the molecule is O=C(Nc1ccc(N2CCNCC2)cn1)c1ccc(F)cc1Cl. The van der Waals surface area contributed by atoms with E-state index in [0.29, 0.717) is 5.82 Å². The summed E-state index contributed by atoms with van der Waals surface area (Å²) in [7, 11) is 0. The molecule has 1 amide bonds. The molecule has 3 rings (SSSR count). The van der Waals surface area contributed by atoms with E-state index < -0.39 is 11.7 Å². The predicted molar refractivity (Wildman–Crippen MR) is 88.7 cm³/mol. The van der Waals surface area contributed by atoms with Gasteiger partial charge in [0, 0.05) is 26.2 Å². The molecule has 1 aromatic heterocycles. The van der Waals surface area contributed by atoms with E-state index in [4.69, 9.17) is 11.6 Å². The molecule has 2 aromatic rings. The largest absolute Gasteiger partial charge is 0.368 e. The lowest BCUT2D eigenvalue weighted by molar-refractivity contribution is 0.102. The average Bonchev–Trinajstić information content (AvgIpc) is 2.56. The summed E-state index contributed by atoms with van der Waals surface area (Å²) in [6, 6.07) is 7.31. The Labute approximate surface area is 138 Å². The van der Waals surface area contributed by atoms with Crippen LogP contribution < -0.4 is 15.5 Å². The molecule has 0 aliphatic carbocycles. The van der Waals surface area contributed by atoms with Crippen LogP contribution in [0.5, 0.6) is 0 Å². The Morgan fingerprint density at radius 1 is 1.26 bits per heavy atom. The molecule has 1 fully saturated rings. The van der Waals surface area contributed by atoms with E-state index in [1.165, 1.54) is 12.1 Å². The quantitative estimate of drug-likeness (QED) is 0.905. The minimum atomic E-state index is -0.481. The standard InChI is InChI=1S/C16H16ClFN4O/c17-14-9-11(18)1-3-13(14)16(23)21-15-4-2-12(10-20-15)22-7-5-19-6-8-22/h1-4,9-10,19H,5-8H2,(H,20,21,23). The van der Waals surface area contributed by atoms with Crippen LogP contribution in [0.2, 0.25) is 5.02 Å². The zero-order chi connectivity index (χ0) is 16.2. The molecular weight excluding hydrogens is 319 g/mol. The van der Waals surface area contributed by atoms with Gasteiger partial charge >= 0.3 is 0 Å². The number of benzene rings is 1. The molecule has 2 heterocycles. The van der Waals surface area contributed by atoms with Gasteiger partial charge in [0.25, 0.3) is 5.91 Å². The number of nitrogens with zero attached hydrogens (tertiary/aromatic N) is 2. The molecule has 1 saturated heterocycles. The van der Waals surface area contributed by atoms with E-state index >= 15 is 0 Å². The first-order valence-corrected chi connectivity index (χ1v) is 7.69. The molecule has 0 radical (unpaired) electrons. The minimum absolute atomic E-state index is 0.0694. The molecule has 0 atom stereocenters. The number of carbonyl (C=O) groups excluding carboxylic acids is 1. The number of amides is 1. The lowest BCUT2D eigenvalue weighted by atomic mass is 10.2. The monoisotopic (exact) mass is 334 g/mol. The number of piperazine rings is 1. The zero-order valence-electron chi connectivity index (χ0n) is 12.4. The van der Waals surface area contributed by atoms with Crippen molar-refractivity contribution in [3.8, 4) is 0 Å². The summed E-state index contributed by atoms with van der Waals surface area (Å²) in [6.07, 6.45) is 1.73. The van der Waals surface area contributed by atoms with Crippen molar-refractivity contribution >= 4 is 29.0 Å². The summed E-state index contributed by atoms with van der Waals surface area (Å²) in [5.74, 6) is -0.475. The zero-order valence-corrected chi connectivity index (χ0v) is 13.1. The van der Waals surface area contributed by atoms with Crippen molar-refractivity contribution in [1.29, 1.82) is 0 Å². The first kappa shape index (κ1) is 15.7. The van der Waals surface area contributed by atoms with Crippen LogP contribution in [0.4, 0.5) is 15.9 Å². The van der Waals surface area contributed by atoms with Crippen LogP contribution in [0.3, 0.4) is 0 Å². The highest BCUT2D eigenvalue weighted by atomic mass is 35.5. The van der Waals surface area contributed by atoms with Crippen LogP contribution in [0.25, 0.3) is 0 Å². The number of hydrogen-bond acceptors (Lipinski definition) is 4. The van der Waals surface area contributed by atoms with E-state index in [1.54, 1.807) is 12.3 Å². The molecule has 1 aliphatic heterocycles. The van der Waals surface area contributed by atoms with E-state index in [2.05, 4.69) is 20.5 Å². The first-order chi connectivity index (χ1) is 11.1. The van der Waals surface area contributed by atoms with Crippen molar-refractivity contribution in [2.75, 3.05) is 36.4 Å². The summed E-state index contributed by atoms with van der Waals surface area (Å²) < 4.78 is 13.0. The van der Waals surface area contributed by atoms with E-state index in [9.17, 15) is 9.18 Å². The van der Waals surface area contributed by atoms with Crippen molar-refractivity contribution in [2.24, 2.45) is 0 Å². The summed E-state index contributed by atoms with van der Waals surface area (Å²) in [6.45, 7) is 3.75. The summed E-state index contributed by atoms with van der Waals surface area (Å²) in [4.78, 5) is 18.6. The fraction of sp³-hybridized carbons (Fsp3) is 0.250. The molecule has 0 bridgehead atoms. The van der Waals surface area contributed by atoms with Crippen LogP contribution in [0.1, 0.15) is 10.4 Å². The van der Waals surface area contributed by atoms with Gasteiger partial charge in [0.15, 0.2) is 0 Å². The third kappa shape index (κ3) is 3.78. The van der Waals surface area contributed by atoms with E-state index in [0.717, 1.165) is 37.9 Å². The predicted octanol–water partition coefficient (Wildman–Crippen LogP) is 2.54. The highest BCUT2D eigenvalue weighted by molar-refractivity contribution is 6.34. The van der Waals surface area contributed by atoms with Crippen LogP contribution in [-0.4, -0.2) is 37.1 Å². The van der Waals surface area contributed by atoms with Gasteiger partial charge in [-0.1, -0.05) is 11.6 Å². The molecule has 0 unspecified atom stereocenters. The van der Waals surface area contributed by atoms with Crippen molar-refractivity contribution in [3.63, 3.8) is 0 Å². The van der Waals surface area contributed by atoms with Crippen molar-refractivity contribution in [2.45, 2.75) is 0 Å². The third-order valence-electron chi connectivity index (χ3n) is 3.65. The van der Waals surface area contributed by atoms with Gasteiger partial charge in [-0.05, 0) is 30.3 Å². The van der Waals surface area contributed by atoms with E-state index in [-0.39, 0.29) is 10.6 Å². The van der Waals surface area contributed by atoms with Gasteiger partial charge in [-0.15, -0.1) is 0 Å². The van der Waals surface area contributed by atoms with Gasteiger partial charge in [-0.3, -0.25) is 4.79 Å². The normalized spacial score (nSPS) is 14.6. The van der Waals surface area contributed by atoms with Gasteiger partial charge in [-0.25, -0.2) is 9.37 Å². The van der Waals surface area contributed by atoms with Gasteiger partial charge < -0.3 is 15.5 Å². The molecular formula is C16H16ClFN4O. The molecule has 23 heavy (non-hydrogen) atoms. The molecule has 120 valence electrons. The highest BCUT2D eigenvalue weighted by Gasteiger charge is 2.13. The topological polar surface area (TPSA) is 57.3 Å². The second-order valence-corrected chi connectivity index (χ2v) is 5.62. The number of halogens is 2. The van der Waals surface area contributed by atoms with Gasteiger partial charge in [0.05, 0.1) is 22.5 Å². The fourth-order valence-corrected chi connectivity index (χ4v) is 2.68. The van der Waals surface area contributed by atoms with Gasteiger partial charge in [0.2, 0.25) is 0 Å². The van der Waals surface area contributed by atoms with Gasteiger partial charge in [-0.2, -0.15) is 0 Å². The number of rotatable bonds is 3. The minimum Gasteiger partial charge on any atom is -0.368 e. The number of nitrogens with one attached hydrogen (secondary N) is 2. The van der Waals surface area contributed by atoms with E-state index in [1.807, 2.05) is 6.07 Å². The second-order valence-electron chi connectivity index (χ2n) is 5.22. The number of carbonyl (C=O) groups is 1. The number of anilines is 2. The van der Waals surface area contributed by atoms with Crippen molar-refractivity contribution < 1.29 is 9.18 Å². The van der Waals surface area contributed by atoms with Crippen LogP contribution >= 0.6 is 11.6 Å². The summed E-state index contributed by atoms with van der Waals surface area (Å²) >= 11 is 5.88. The number of pyridine rings is 1. The Balaban J connectivity index is 1.69. The third-order valence-corrected chi connectivity index (χ3v) is 3.96. The highest BCUT2D eigenvalue weighted by Crippen LogP contribution is 2.20. The molecule has 5 nitrogen and oxygen atoms in total. The molecule has 0 saturated carbocycles. The lowest BCUT2D eigenvalue weighted by Crippen LogP contribution is -2.43. The van der Waals surface area contributed by atoms with Crippen molar-refractivity contribution in [3.05, 3.63) is 52.9 Å². The summed E-state index contributed by atoms with van der Waals surface area (Å²) in [5.41, 5.74) is 1.23. The Morgan fingerprint density at radius 3 is 2.70 bits per heavy atom. The fourth-order valence-electron chi connectivity index (χ4n) is 2.43. The second kappa shape index (κ2) is 6.93. The molecule has 7 heteroatoms. The number of aromatic nitrogens is 1. The van der Waals surface area contributed by atoms with Crippen LogP contribution in [0.15, 0.2) is 36.5 Å². The van der Waals surface area contributed by atoms with Gasteiger partial charge in [0.1, 0.15) is 11.6 Å². The Bertz CT molecular complexity index is 702. The summed E-state index contributed by atoms with van der Waals surface area (Å²) in [5, 5.41) is 6.02. The van der Waals surface area contributed by atoms with Crippen LogP contribution in [-0.2, 0) is 0 Å². The molecule has 1 aromatic carbocycles. The average molecular weight is 335 g/mol. The smallest absolute Gasteiger partial charge is 0.258 e. The Hall–Kier alpha value is -2.18. The maximum absolute atomic E-state index is 13.0. The maximum Gasteiger partial charge on any atom is 0.258 e. The Morgan fingerprint density at radius 2 is 2.04 bits per heavy atom. The maximum atomic E-state index is 13.0. The number of hydrogen-bond donors (Lipinski definition) is 2. The van der Waals surface area contributed by atoms with Crippen LogP contribution in [0, 0.1) is 5.82 Å².